The second-order valence-electron chi connectivity index (χ2n) is 8.57. The van der Waals surface area contributed by atoms with Crippen molar-refractivity contribution in [3.63, 3.8) is 0 Å². The van der Waals surface area contributed by atoms with Crippen LogP contribution < -0.4 is 17.9 Å². The van der Waals surface area contributed by atoms with Gasteiger partial charge in [-0.1, -0.05) is 0 Å². The van der Waals surface area contributed by atoms with Crippen molar-refractivity contribution in [2.45, 2.75) is 42.3 Å². The molecule has 2 N–H and O–H groups in total. The number of benzene rings is 1. The first-order valence-electron chi connectivity index (χ1n) is 12.2. The minimum absolute atomic E-state index is 0. The van der Waals surface area contributed by atoms with Crippen LogP contribution in [-0.4, -0.2) is 77.1 Å². The number of ether oxygens (including phenoxy) is 3. The first-order valence-corrected chi connectivity index (χ1v) is 18.0. The fourth-order valence-electron chi connectivity index (χ4n) is 4.25. The number of thiazole rings is 1. The van der Waals surface area contributed by atoms with Gasteiger partial charge in [-0.2, -0.15) is 8.42 Å². The molecule has 0 spiro atoms. The molecule has 0 fully saturated rings. The molecule has 3 heterocycles. The SMILES string of the molecule is CCC(=Cc1sc2c([n+]1CC)[Te]C(OC)C(OC)=C2)C=C1Sc2ccc(OC)cc2N1CCCS(=O)(=O)O.[OH-]. The summed E-state index contributed by atoms with van der Waals surface area (Å²) in [5.41, 5.74) is 2.16. The van der Waals surface area contributed by atoms with Crippen LogP contribution in [0.3, 0.4) is 0 Å². The predicted molar refractivity (Wildman–Crippen MR) is 157 cm³/mol. The molecule has 0 saturated carbocycles. The van der Waals surface area contributed by atoms with Crippen molar-refractivity contribution in [2.24, 2.45) is 0 Å². The van der Waals surface area contributed by atoms with E-state index in [1.807, 2.05) is 18.2 Å². The van der Waals surface area contributed by atoms with Crippen LogP contribution in [0.4, 0.5) is 5.69 Å². The van der Waals surface area contributed by atoms with Crippen LogP contribution in [0.25, 0.3) is 12.2 Å². The fourth-order valence-corrected chi connectivity index (χ4v) is 11.1. The Bertz CT molecular complexity index is 1390. The van der Waals surface area contributed by atoms with Gasteiger partial charge in [0, 0.05) is 0 Å². The summed E-state index contributed by atoms with van der Waals surface area (Å²) >= 11 is 2.81. The fraction of sp³-hybridized carbons (Fsp3) is 0.423. The predicted octanol–water partition coefficient (Wildman–Crippen LogP) is 3.72. The quantitative estimate of drug-likeness (QED) is 0.212. The molecule has 13 heteroatoms. The molecule has 1 aromatic heterocycles. The molecule has 0 amide bonds. The third kappa shape index (κ3) is 7.40. The summed E-state index contributed by atoms with van der Waals surface area (Å²) in [7, 11) is 1.05. The summed E-state index contributed by atoms with van der Waals surface area (Å²) in [4.78, 5) is 4.45. The normalized spacial score (nSPS) is 17.9. The van der Waals surface area contributed by atoms with Gasteiger partial charge < -0.3 is 5.48 Å². The van der Waals surface area contributed by atoms with E-state index >= 15 is 0 Å². The van der Waals surface area contributed by atoms with Gasteiger partial charge in [0.15, 0.2) is 0 Å². The van der Waals surface area contributed by atoms with Crippen LogP contribution in [-0.2, 0) is 26.1 Å². The summed E-state index contributed by atoms with van der Waals surface area (Å²) in [5, 5.41) is 2.22. The molecule has 1 atom stereocenters. The minimum Gasteiger partial charge on any atom is -0.870 e. The van der Waals surface area contributed by atoms with E-state index in [-0.39, 0.29) is 15.4 Å². The van der Waals surface area contributed by atoms with Crippen molar-refractivity contribution in [2.75, 3.05) is 38.5 Å². The van der Waals surface area contributed by atoms with Crippen molar-refractivity contribution in [1.82, 2.24) is 0 Å². The average molecular weight is 710 g/mol. The van der Waals surface area contributed by atoms with Gasteiger partial charge in [0.05, 0.1) is 7.11 Å². The molecule has 1 aromatic carbocycles. The van der Waals surface area contributed by atoms with Crippen molar-refractivity contribution in [3.8, 4) is 5.75 Å². The molecular formula is C26H34N2O7S3Te. The summed E-state index contributed by atoms with van der Waals surface area (Å²) < 4.78 is 52.5. The summed E-state index contributed by atoms with van der Waals surface area (Å²) in [6, 6.07) is 5.93. The van der Waals surface area contributed by atoms with E-state index in [1.165, 1.54) is 19.2 Å². The van der Waals surface area contributed by atoms with Crippen LogP contribution in [0.5, 0.6) is 5.75 Å². The molecule has 0 radical (unpaired) electrons. The van der Waals surface area contributed by atoms with Gasteiger partial charge in [-0.05, 0) is 0 Å². The molecule has 9 nitrogen and oxygen atoms in total. The van der Waals surface area contributed by atoms with E-state index < -0.39 is 31.0 Å². The molecule has 0 saturated heterocycles. The molecule has 0 aliphatic carbocycles. The molecule has 214 valence electrons. The van der Waals surface area contributed by atoms with E-state index in [2.05, 4.69) is 41.5 Å². The Hall–Kier alpha value is -1.56. The molecule has 4 rings (SSSR count). The van der Waals surface area contributed by atoms with Crippen LogP contribution in [0.1, 0.15) is 36.6 Å². The van der Waals surface area contributed by atoms with E-state index in [0.29, 0.717) is 13.0 Å². The van der Waals surface area contributed by atoms with Gasteiger partial charge in [-0.25, -0.2) is 0 Å². The average Bonchev–Trinajstić information content (AvgIpc) is 3.42. The van der Waals surface area contributed by atoms with Gasteiger partial charge in [0.25, 0.3) is 0 Å². The number of hydrogen-bond donors (Lipinski definition) is 1. The summed E-state index contributed by atoms with van der Waals surface area (Å²) in [6.45, 7) is 5.66. The van der Waals surface area contributed by atoms with Gasteiger partial charge in [-0.15, -0.1) is 0 Å². The van der Waals surface area contributed by atoms with E-state index in [0.717, 1.165) is 40.1 Å². The Labute approximate surface area is 248 Å². The van der Waals surface area contributed by atoms with Crippen molar-refractivity contribution < 1.29 is 37.2 Å². The number of methoxy groups -OCH3 is 3. The molecule has 39 heavy (non-hydrogen) atoms. The Kier molecular flexibility index (Phi) is 11.4. The zero-order valence-corrected chi connectivity index (χ0v) is 27.3. The Morgan fingerprint density at radius 1 is 1.23 bits per heavy atom. The molecule has 1 unspecified atom stereocenters. The van der Waals surface area contributed by atoms with Crippen LogP contribution in [0.15, 0.2) is 45.5 Å². The van der Waals surface area contributed by atoms with Gasteiger partial charge in [0.1, 0.15) is 0 Å². The number of aromatic nitrogens is 1. The van der Waals surface area contributed by atoms with Crippen LogP contribution >= 0.6 is 23.1 Å². The van der Waals surface area contributed by atoms with Crippen molar-refractivity contribution in [1.29, 1.82) is 0 Å². The van der Waals surface area contributed by atoms with Gasteiger partial charge >= 0.3 is 224 Å². The maximum atomic E-state index is 11.4. The Morgan fingerprint density at radius 3 is 2.62 bits per heavy atom. The summed E-state index contributed by atoms with van der Waals surface area (Å²) in [6.07, 6.45) is 7.71. The third-order valence-electron chi connectivity index (χ3n) is 6.17. The standard InChI is InChI=1S/C26H32N2O6S3Te.H2O/c1-6-17(13-23-27(7-2)25-22(36-23)16-20(33-4)26(34-5)38-25)14-24-28(11-8-12-37(29,30)31)19-15-18(32-3)9-10-21(19)35-24;/h9-10,13-16,26H,6-8,11-12H2,1-5H3;1H2. The van der Waals surface area contributed by atoms with E-state index in [1.54, 1.807) is 44.4 Å². The number of rotatable bonds is 11. The van der Waals surface area contributed by atoms with Crippen molar-refractivity contribution in [3.05, 3.63) is 50.5 Å². The molecule has 2 aromatic rings. The van der Waals surface area contributed by atoms with Gasteiger partial charge in [-0.3, -0.25) is 4.55 Å². The van der Waals surface area contributed by atoms with E-state index in [9.17, 15) is 13.0 Å². The number of thioether (sulfide) groups is 1. The number of allylic oxidation sites excluding steroid dienone is 2. The van der Waals surface area contributed by atoms with E-state index in [4.69, 9.17) is 14.2 Å². The Morgan fingerprint density at radius 2 is 2.00 bits per heavy atom. The monoisotopic (exact) mass is 712 g/mol. The first kappa shape index (κ1) is 32.0. The second kappa shape index (κ2) is 13.9. The first-order chi connectivity index (χ1) is 18.2. The second-order valence-corrected chi connectivity index (χ2v) is 15.3. The van der Waals surface area contributed by atoms with Crippen LogP contribution in [0.2, 0.25) is 0 Å². The zero-order chi connectivity index (χ0) is 27.4. The number of fused-ring (bicyclic) bond motifs is 2. The molecular weight excluding hydrogens is 676 g/mol. The maximum absolute atomic E-state index is 11.4. The molecule has 2 aliphatic heterocycles. The number of nitrogens with zero attached hydrogens (tertiary/aromatic N) is 2. The number of hydrogen-bond acceptors (Lipinski definition) is 9. The minimum atomic E-state index is -4.02. The zero-order valence-electron chi connectivity index (χ0n) is 22.5. The van der Waals surface area contributed by atoms with Crippen molar-refractivity contribution >= 4 is 75.7 Å². The molecule has 2 aliphatic rings. The van der Waals surface area contributed by atoms with Gasteiger partial charge in [0.2, 0.25) is 0 Å². The Balaban J connectivity index is 0.00000420. The summed E-state index contributed by atoms with van der Waals surface area (Å²) in [5.74, 6) is 1.36. The third-order valence-corrected chi connectivity index (χ3v) is 13.3. The smallest absolute Gasteiger partial charge is 0.870 e. The molecule has 0 bridgehead atoms. The van der Waals surface area contributed by atoms with Crippen LogP contribution in [0, 0.1) is 0 Å². The topological polar surface area (TPSA) is 119 Å². The number of anilines is 1.